The van der Waals surface area contributed by atoms with Gasteiger partial charge in [-0.05, 0) is 42.0 Å². The van der Waals surface area contributed by atoms with Crippen LogP contribution in [0.25, 0.3) is 11.3 Å². The minimum absolute atomic E-state index is 0.168. The maximum Gasteiger partial charge on any atom is 0.422 e. The van der Waals surface area contributed by atoms with Crippen molar-refractivity contribution in [2.45, 2.75) is 12.7 Å². The van der Waals surface area contributed by atoms with Crippen molar-refractivity contribution in [3.05, 3.63) is 48.2 Å². The molecule has 0 unspecified atom stereocenters. The summed E-state index contributed by atoms with van der Waals surface area (Å²) in [7, 11) is 0. The molecule has 0 radical (unpaired) electrons. The van der Waals surface area contributed by atoms with Crippen molar-refractivity contribution in [2.24, 2.45) is 5.73 Å². The van der Waals surface area contributed by atoms with Crippen LogP contribution in [0.4, 0.5) is 13.2 Å². The van der Waals surface area contributed by atoms with E-state index in [4.69, 9.17) is 5.73 Å². The van der Waals surface area contributed by atoms with E-state index < -0.39 is 12.8 Å². The van der Waals surface area contributed by atoms with Crippen molar-refractivity contribution >= 4 is 0 Å². The van der Waals surface area contributed by atoms with Crippen molar-refractivity contribution in [1.82, 2.24) is 4.98 Å². The summed E-state index contributed by atoms with van der Waals surface area (Å²) < 4.78 is 40.7. The van der Waals surface area contributed by atoms with Crippen LogP contribution in [0.1, 0.15) is 5.56 Å². The number of alkyl halides is 3. The minimum atomic E-state index is -4.34. The summed E-state index contributed by atoms with van der Waals surface area (Å²) in [6.07, 6.45) is -2.69. The lowest BCUT2D eigenvalue weighted by atomic mass is 10.1. The lowest BCUT2D eigenvalue weighted by molar-refractivity contribution is -0.153. The fraction of sp³-hybridized carbons (Fsp3) is 0.214. The van der Waals surface area contributed by atoms with E-state index in [-0.39, 0.29) is 5.75 Å². The van der Waals surface area contributed by atoms with Crippen molar-refractivity contribution in [3.63, 3.8) is 0 Å². The van der Waals surface area contributed by atoms with Gasteiger partial charge < -0.3 is 10.5 Å². The maximum absolute atomic E-state index is 12.0. The predicted octanol–water partition coefficient (Wildman–Crippen LogP) is 3.15. The molecule has 0 aliphatic heterocycles. The molecule has 20 heavy (non-hydrogen) atoms. The van der Waals surface area contributed by atoms with Crippen molar-refractivity contribution in [3.8, 4) is 17.0 Å². The van der Waals surface area contributed by atoms with Gasteiger partial charge in [0, 0.05) is 18.3 Å². The van der Waals surface area contributed by atoms with Crippen LogP contribution in [0.15, 0.2) is 42.6 Å². The third kappa shape index (κ3) is 3.96. The molecule has 106 valence electrons. The smallest absolute Gasteiger partial charge is 0.422 e. The van der Waals surface area contributed by atoms with Crippen LogP contribution in [0.3, 0.4) is 0 Å². The fourth-order valence-electron chi connectivity index (χ4n) is 1.65. The Morgan fingerprint density at radius 3 is 2.40 bits per heavy atom. The summed E-state index contributed by atoms with van der Waals surface area (Å²) in [5.41, 5.74) is 7.99. The maximum atomic E-state index is 12.0. The van der Waals surface area contributed by atoms with E-state index in [1.807, 2.05) is 12.1 Å². The number of benzene rings is 1. The number of halogens is 3. The first-order valence-corrected chi connectivity index (χ1v) is 5.93. The van der Waals surface area contributed by atoms with Crippen molar-refractivity contribution in [1.29, 1.82) is 0 Å². The van der Waals surface area contributed by atoms with E-state index in [2.05, 4.69) is 9.72 Å². The summed E-state index contributed by atoms with van der Waals surface area (Å²) in [4.78, 5) is 4.20. The summed E-state index contributed by atoms with van der Waals surface area (Å²) in [5.74, 6) is 0.168. The van der Waals surface area contributed by atoms with E-state index in [1.54, 1.807) is 18.3 Å². The first-order valence-electron chi connectivity index (χ1n) is 5.93. The highest BCUT2D eigenvalue weighted by molar-refractivity contribution is 5.60. The number of hydrogen-bond acceptors (Lipinski definition) is 3. The second kappa shape index (κ2) is 5.92. The summed E-state index contributed by atoms with van der Waals surface area (Å²) in [6, 6.07) is 9.94. The molecule has 2 aromatic rings. The van der Waals surface area contributed by atoms with Gasteiger partial charge in [0.2, 0.25) is 0 Å². The largest absolute Gasteiger partial charge is 0.484 e. The lowest BCUT2D eigenvalue weighted by Gasteiger charge is -2.09. The Morgan fingerprint density at radius 2 is 1.80 bits per heavy atom. The van der Waals surface area contributed by atoms with Gasteiger partial charge in [0.05, 0.1) is 5.69 Å². The SMILES string of the molecule is NCc1ccnc(-c2ccc(OCC(F)(F)F)cc2)c1. The van der Waals surface area contributed by atoms with E-state index in [9.17, 15) is 13.2 Å². The van der Waals surface area contributed by atoms with Gasteiger partial charge in [0.1, 0.15) is 5.75 Å². The van der Waals surface area contributed by atoms with Gasteiger partial charge in [-0.15, -0.1) is 0 Å². The number of rotatable bonds is 4. The van der Waals surface area contributed by atoms with Gasteiger partial charge >= 0.3 is 6.18 Å². The Labute approximate surface area is 114 Å². The van der Waals surface area contributed by atoms with Crippen LogP contribution in [0, 0.1) is 0 Å². The molecule has 1 heterocycles. The van der Waals surface area contributed by atoms with Crippen LogP contribution >= 0.6 is 0 Å². The molecule has 0 aliphatic rings. The summed E-state index contributed by atoms with van der Waals surface area (Å²) >= 11 is 0. The number of ether oxygens (including phenoxy) is 1. The number of nitrogens with zero attached hydrogens (tertiary/aromatic N) is 1. The zero-order valence-corrected chi connectivity index (χ0v) is 10.5. The summed E-state index contributed by atoms with van der Waals surface area (Å²) in [5, 5.41) is 0. The van der Waals surface area contributed by atoms with Gasteiger partial charge in [0.15, 0.2) is 6.61 Å². The molecule has 0 saturated heterocycles. The molecule has 0 bridgehead atoms. The summed E-state index contributed by atoms with van der Waals surface area (Å²) in [6.45, 7) is -0.893. The molecule has 2 N–H and O–H groups in total. The second-order valence-electron chi connectivity index (χ2n) is 4.18. The van der Waals surface area contributed by atoms with Crippen molar-refractivity contribution < 1.29 is 17.9 Å². The topological polar surface area (TPSA) is 48.1 Å². The molecule has 3 nitrogen and oxygen atoms in total. The number of pyridine rings is 1. The van der Waals surface area contributed by atoms with Crippen molar-refractivity contribution in [2.75, 3.05) is 6.61 Å². The quantitative estimate of drug-likeness (QED) is 0.937. The molecule has 0 spiro atoms. The Balaban J connectivity index is 2.11. The van der Waals surface area contributed by atoms with E-state index >= 15 is 0 Å². The lowest BCUT2D eigenvalue weighted by Crippen LogP contribution is -2.19. The number of hydrogen-bond donors (Lipinski definition) is 1. The molecular formula is C14H13F3N2O. The highest BCUT2D eigenvalue weighted by Gasteiger charge is 2.28. The van der Waals surface area contributed by atoms with Gasteiger partial charge in [-0.3, -0.25) is 4.98 Å². The zero-order valence-electron chi connectivity index (χ0n) is 10.5. The average molecular weight is 282 g/mol. The molecular weight excluding hydrogens is 269 g/mol. The molecule has 0 amide bonds. The monoisotopic (exact) mass is 282 g/mol. The van der Waals surface area contributed by atoms with Crippen LogP contribution in [0.2, 0.25) is 0 Å². The molecule has 6 heteroatoms. The third-order valence-corrected chi connectivity index (χ3v) is 2.61. The average Bonchev–Trinajstić information content (AvgIpc) is 2.45. The van der Waals surface area contributed by atoms with Crippen LogP contribution in [-0.2, 0) is 6.54 Å². The molecule has 2 rings (SSSR count). The van der Waals surface area contributed by atoms with Crippen LogP contribution in [0.5, 0.6) is 5.75 Å². The molecule has 0 aliphatic carbocycles. The minimum Gasteiger partial charge on any atom is -0.484 e. The molecule has 1 aromatic carbocycles. The predicted molar refractivity (Wildman–Crippen MR) is 69.1 cm³/mol. The zero-order chi connectivity index (χ0) is 14.6. The molecule has 0 fully saturated rings. The number of nitrogens with two attached hydrogens (primary N) is 1. The standard InChI is InChI=1S/C14H13F3N2O/c15-14(16,17)9-20-12-3-1-11(2-4-12)13-7-10(8-18)5-6-19-13/h1-7H,8-9,18H2. The first kappa shape index (κ1) is 14.3. The third-order valence-electron chi connectivity index (χ3n) is 2.61. The fourth-order valence-corrected chi connectivity index (χ4v) is 1.65. The Hall–Kier alpha value is -2.08. The van der Waals surface area contributed by atoms with Gasteiger partial charge in [-0.25, -0.2) is 0 Å². The van der Waals surface area contributed by atoms with E-state index in [0.29, 0.717) is 6.54 Å². The Bertz CT molecular complexity index is 567. The number of aromatic nitrogens is 1. The highest BCUT2D eigenvalue weighted by Crippen LogP contribution is 2.23. The van der Waals surface area contributed by atoms with Gasteiger partial charge in [0.25, 0.3) is 0 Å². The highest BCUT2D eigenvalue weighted by atomic mass is 19.4. The van der Waals surface area contributed by atoms with Crippen LogP contribution < -0.4 is 10.5 Å². The van der Waals surface area contributed by atoms with Gasteiger partial charge in [-0.2, -0.15) is 13.2 Å². The molecule has 1 aromatic heterocycles. The Kier molecular flexibility index (Phi) is 4.24. The second-order valence-corrected chi connectivity index (χ2v) is 4.18. The van der Waals surface area contributed by atoms with Gasteiger partial charge in [-0.1, -0.05) is 0 Å². The Morgan fingerprint density at radius 1 is 1.10 bits per heavy atom. The molecule has 0 saturated carbocycles. The van der Waals surface area contributed by atoms with E-state index in [0.717, 1.165) is 16.8 Å². The first-order chi connectivity index (χ1) is 9.48. The molecule has 0 atom stereocenters. The van der Waals surface area contributed by atoms with Crippen LogP contribution in [-0.4, -0.2) is 17.8 Å². The normalized spacial score (nSPS) is 11.4. The van der Waals surface area contributed by atoms with E-state index in [1.165, 1.54) is 12.1 Å².